The molecule has 1 fully saturated rings. The number of halogens is 8. The fraction of sp³-hybridized carbons (Fsp3) is 0.421. The van der Waals surface area contributed by atoms with E-state index in [0.29, 0.717) is 0 Å². The van der Waals surface area contributed by atoms with Crippen LogP contribution in [0.4, 0.5) is 29.6 Å². The summed E-state index contributed by atoms with van der Waals surface area (Å²) in [4.78, 5) is 10.2. The van der Waals surface area contributed by atoms with Crippen molar-refractivity contribution in [2.45, 2.75) is 42.7 Å². The molecule has 6 nitrogen and oxygen atoms in total. The number of aromatic nitrogens is 2. The van der Waals surface area contributed by atoms with Gasteiger partial charge in [0.1, 0.15) is 28.1 Å². The van der Waals surface area contributed by atoms with Gasteiger partial charge in [-0.2, -0.15) is 10.4 Å². The smallest absolute Gasteiger partial charge is 0.316 e. The highest BCUT2D eigenvalue weighted by molar-refractivity contribution is 8.45. The second-order valence-electron chi connectivity index (χ2n) is 8.45. The average Bonchev–Trinajstić information content (AvgIpc) is 3.38. The van der Waals surface area contributed by atoms with Crippen LogP contribution in [0.5, 0.6) is 0 Å². The second-order valence-corrected chi connectivity index (χ2v) is 11.7. The molecular formula is C19H18Cl2F6N4O2S. The SMILES string of the molecule is COC(=O)C1(c2c(C#N)nn(-c3c(Cl)cc(S(F)(F)(F)(F)F)cc3Cl)c2NCC(C)(C)F)CC1. The zero-order valence-electron chi connectivity index (χ0n) is 17.9. The summed E-state index contributed by atoms with van der Waals surface area (Å²) in [7, 11) is -9.00. The van der Waals surface area contributed by atoms with Crippen molar-refractivity contribution in [3.63, 3.8) is 0 Å². The van der Waals surface area contributed by atoms with Crippen molar-refractivity contribution in [3.05, 3.63) is 33.4 Å². The van der Waals surface area contributed by atoms with E-state index in [2.05, 4.69) is 10.4 Å². The van der Waals surface area contributed by atoms with Crippen LogP contribution in [0.3, 0.4) is 0 Å². The first-order valence-corrected chi connectivity index (χ1v) is 12.2. The lowest BCUT2D eigenvalue weighted by Gasteiger charge is -2.40. The highest BCUT2D eigenvalue weighted by Gasteiger charge is 2.66. The molecular weight excluding hydrogens is 533 g/mol. The molecule has 34 heavy (non-hydrogen) atoms. The molecule has 0 spiro atoms. The van der Waals surface area contributed by atoms with Gasteiger partial charge in [-0.15, -0.1) is 0 Å². The largest absolute Gasteiger partial charge is 0.468 e. The van der Waals surface area contributed by atoms with Crippen LogP contribution in [-0.4, -0.2) is 35.1 Å². The monoisotopic (exact) mass is 550 g/mol. The fourth-order valence-corrected chi connectivity index (χ4v) is 4.87. The maximum Gasteiger partial charge on any atom is 0.316 e. The van der Waals surface area contributed by atoms with E-state index in [-0.39, 0.29) is 48.6 Å². The van der Waals surface area contributed by atoms with E-state index in [1.807, 2.05) is 0 Å². The number of carbonyl (C=O) groups is 1. The lowest BCUT2D eigenvalue weighted by atomic mass is 9.95. The Balaban J connectivity index is 2.32. The summed E-state index contributed by atoms with van der Waals surface area (Å²) in [5.41, 5.74) is -3.93. The molecule has 15 heteroatoms. The molecule has 1 heterocycles. The molecule has 0 bridgehead atoms. The minimum absolute atomic E-state index is 0.00615. The van der Waals surface area contributed by atoms with E-state index < -0.39 is 47.9 Å². The molecule has 1 aromatic heterocycles. The number of anilines is 1. The molecule has 0 aliphatic heterocycles. The lowest BCUT2D eigenvalue weighted by molar-refractivity contribution is -0.143. The normalized spacial score (nSPS) is 17.4. The predicted molar refractivity (Wildman–Crippen MR) is 116 cm³/mol. The van der Waals surface area contributed by atoms with Gasteiger partial charge in [-0.25, -0.2) is 9.07 Å². The Morgan fingerprint density at radius 3 is 2.18 bits per heavy atom. The predicted octanol–water partition coefficient (Wildman–Crippen LogP) is 7.07. The molecule has 1 aliphatic carbocycles. The fourth-order valence-electron chi connectivity index (χ4n) is 3.41. The summed E-state index contributed by atoms with van der Waals surface area (Å²) in [6.45, 7) is 2.07. The van der Waals surface area contributed by atoms with Gasteiger partial charge in [0.2, 0.25) is 0 Å². The number of methoxy groups -OCH3 is 1. The number of hydrogen-bond donors (Lipinski definition) is 1. The standard InChI is InChI=1S/C19H18Cl2F6N4O2S/c1-18(2,22)9-29-16-14(19(4-5-19)17(32)33-3)13(8-28)30-31(16)15-11(20)6-10(7-12(15)21)34(23,24,25,26)27/h6-7,29H,4-5,9H2,1-3H3. The minimum Gasteiger partial charge on any atom is -0.468 e. The Kier molecular flexibility index (Phi) is 5.69. The minimum atomic E-state index is -10.1. The van der Waals surface area contributed by atoms with Crippen LogP contribution in [0.15, 0.2) is 17.0 Å². The number of benzene rings is 1. The lowest BCUT2D eigenvalue weighted by Crippen LogP contribution is -2.28. The molecule has 0 saturated heterocycles. The Hall–Kier alpha value is -2.30. The van der Waals surface area contributed by atoms with Crippen molar-refractivity contribution in [1.82, 2.24) is 9.78 Å². The zero-order valence-corrected chi connectivity index (χ0v) is 20.2. The number of alkyl halides is 1. The third-order valence-electron chi connectivity index (χ3n) is 5.12. The number of nitriles is 1. The third kappa shape index (κ3) is 4.89. The summed E-state index contributed by atoms with van der Waals surface area (Å²) < 4.78 is 86.4. The molecule has 1 N–H and O–H groups in total. The van der Waals surface area contributed by atoms with Gasteiger partial charge >= 0.3 is 16.2 Å². The summed E-state index contributed by atoms with van der Waals surface area (Å²) in [6, 6.07) is 1.77. The van der Waals surface area contributed by atoms with Gasteiger partial charge in [-0.3, -0.25) is 4.79 Å². The maximum atomic E-state index is 14.3. The highest BCUT2D eigenvalue weighted by atomic mass is 35.5. The van der Waals surface area contributed by atoms with Crippen molar-refractivity contribution >= 4 is 45.2 Å². The van der Waals surface area contributed by atoms with E-state index in [4.69, 9.17) is 27.9 Å². The molecule has 0 radical (unpaired) electrons. The van der Waals surface area contributed by atoms with Gasteiger partial charge < -0.3 is 10.1 Å². The number of esters is 1. The number of hydrogen-bond acceptors (Lipinski definition) is 5. The van der Waals surface area contributed by atoms with Gasteiger partial charge in [0.15, 0.2) is 5.69 Å². The quantitative estimate of drug-likeness (QED) is 0.294. The Morgan fingerprint density at radius 1 is 1.26 bits per heavy atom. The summed E-state index contributed by atoms with van der Waals surface area (Å²) in [5.74, 6) is -0.867. The Morgan fingerprint density at radius 2 is 1.79 bits per heavy atom. The van der Waals surface area contributed by atoms with Gasteiger partial charge in [-0.05, 0) is 38.8 Å². The molecule has 3 rings (SSSR count). The van der Waals surface area contributed by atoms with E-state index in [9.17, 15) is 33.9 Å². The van der Waals surface area contributed by atoms with Crippen molar-refractivity contribution < 1.29 is 33.4 Å². The Labute approximate surface area is 200 Å². The first-order chi connectivity index (χ1) is 15.2. The third-order valence-corrected chi connectivity index (χ3v) is 6.82. The number of ether oxygens (including phenoxy) is 1. The van der Waals surface area contributed by atoms with Crippen molar-refractivity contribution in [1.29, 1.82) is 5.26 Å². The van der Waals surface area contributed by atoms with E-state index in [1.165, 1.54) is 13.8 Å². The van der Waals surface area contributed by atoms with Crippen molar-refractivity contribution in [3.8, 4) is 11.8 Å². The second kappa shape index (κ2) is 7.35. The molecule has 0 atom stereocenters. The molecule has 1 aromatic carbocycles. The van der Waals surface area contributed by atoms with E-state index in [0.717, 1.165) is 11.8 Å². The molecule has 0 unspecified atom stereocenters. The maximum absolute atomic E-state index is 14.3. The van der Waals surface area contributed by atoms with Crippen LogP contribution < -0.4 is 5.32 Å². The Bertz CT molecular complexity index is 1210. The highest BCUT2D eigenvalue weighted by Crippen LogP contribution is 3.02. The van der Waals surface area contributed by atoms with E-state index >= 15 is 0 Å². The summed E-state index contributed by atoms with van der Waals surface area (Å²) in [5, 5.41) is 14.6. The van der Waals surface area contributed by atoms with Gasteiger partial charge in [0, 0.05) is 6.54 Å². The van der Waals surface area contributed by atoms with E-state index in [1.54, 1.807) is 6.07 Å². The number of rotatable bonds is 7. The van der Waals surface area contributed by atoms with Crippen LogP contribution in [0.2, 0.25) is 10.0 Å². The topological polar surface area (TPSA) is 79.9 Å². The summed E-state index contributed by atoms with van der Waals surface area (Å²) >= 11 is 11.9. The number of nitrogens with zero attached hydrogens (tertiary/aromatic N) is 3. The van der Waals surface area contributed by atoms with Crippen LogP contribution in [0.25, 0.3) is 5.69 Å². The first kappa shape index (κ1) is 26.3. The van der Waals surface area contributed by atoms with Gasteiger partial charge in [0.05, 0.1) is 28.1 Å². The summed E-state index contributed by atoms with van der Waals surface area (Å²) in [6.07, 6.45) is 0.497. The zero-order chi connectivity index (χ0) is 26.0. The molecule has 1 saturated carbocycles. The van der Waals surface area contributed by atoms with Gasteiger partial charge in [0.25, 0.3) is 0 Å². The molecule has 1 aliphatic rings. The van der Waals surface area contributed by atoms with Gasteiger partial charge in [-0.1, -0.05) is 42.6 Å². The molecule has 188 valence electrons. The van der Waals surface area contributed by atoms with Crippen LogP contribution in [0.1, 0.15) is 37.9 Å². The number of carbonyl (C=O) groups excluding carboxylic acids is 1. The molecule has 0 amide bonds. The van der Waals surface area contributed by atoms with Crippen LogP contribution >= 0.6 is 33.4 Å². The molecule has 2 aromatic rings. The van der Waals surface area contributed by atoms with Crippen LogP contribution in [0, 0.1) is 11.3 Å². The van der Waals surface area contributed by atoms with Crippen LogP contribution in [-0.2, 0) is 14.9 Å². The average molecular weight is 551 g/mol. The number of nitrogens with one attached hydrogen (secondary N) is 1. The van der Waals surface area contributed by atoms with Crippen molar-refractivity contribution in [2.24, 2.45) is 0 Å². The first-order valence-electron chi connectivity index (χ1n) is 9.52. The van der Waals surface area contributed by atoms with Crippen molar-refractivity contribution in [2.75, 3.05) is 19.0 Å².